The van der Waals surface area contributed by atoms with Gasteiger partial charge in [-0.25, -0.2) is 0 Å². The van der Waals surface area contributed by atoms with Gasteiger partial charge in [-0.2, -0.15) is 0 Å². The molecule has 0 aromatic heterocycles. The smallest absolute Gasteiger partial charge is 0.265 e. The Morgan fingerprint density at radius 3 is 2.65 bits per heavy atom. The monoisotopic (exact) mass is 357 g/mol. The molecule has 0 saturated heterocycles. The molecular formula is C19H19NO6. The Kier molecular flexibility index (Phi) is 4.20. The summed E-state index contributed by atoms with van der Waals surface area (Å²) in [6.45, 7) is 0.206. The Morgan fingerprint density at radius 1 is 1.08 bits per heavy atom. The summed E-state index contributed by atoms with van der Waals surface area (Å²) in [6, 6.07) is 8.92. The number of fused-ring (bicyclic) bond motifs is 2. The van der Waals surface area contributed by atoms with Crippen molar-refractivity contribution in [2.45, 2.75) is 18.9 Å². The summed E-state index contributed by atoms with van der Waals surface area (Å²) in [5, 5.41) is 2.86. The Balaban J connectivity index is 1.51. The van der Waals surface area contributed by atoms with Crippen LogP contribution in [0, 0.1) is 0 Å². The van der Waals surface area contributed by atoms with Crippen LogP contribution in [0.4, 0.5) is 5.69 Å². The molecule has 136 valence electrons. The second kappa shape index (κ2) is 6.67. The van der Waals surface area contributed by atoms with Crippen LogP contribution in [-0.4, -0.2) is 33.0 Å². The van der Waals surface area contributed by atoms with E-state index in [1.807, 2.05) is 6.07 Å². The molecule has 7 nitrogen and oxygen atoms in total. The molecule has 1 amide bonds. The molecule has 2 aromatic carbocycles. The molecule has 0 fully saturated rings. The highest BCUT2D eigenvalue weighted by molar-refractivity contribution is 5.96. The maximum absolute atomic E-state index is 12.7. The number of aryl methyl sites for hydroxylation is 1. The Morgan fingerprint density at radius 2 is 1.88 bits per heavy atom. The van der Waals surface area contributed by atoms with Crippen LogP contribution in [0.3, 0.4) is 0 Å². The molecule has 7 heteroatoms. The highest BCUT2D eigenvalue weighted by atomic mass is 16.7. The zero-order valence-corrected chi connectivity index (χ0v) is 14.5. The number of carbonyl (C=O) groups is 1. The summed E-state index contributed by atoms with van der Waals surface area (Å²) in [5.41, 5.74) is 1.55. The average Bonchev–Trinajstić information content (AvgIpc) is 3.12. The summed E-state index contributed by atoms with van der Waals surface area (Å²) >= 11 is 0. The molecule has 0 spiro atoms. The first-order valence-electron chi connectivity index (χ1n) is 8.30. The maximum Gasteiger partial charge on any atom is 0.265 e. The van der Waals surface area contributed by atoms with Crippen molar-refractivity contribution >= 4 is 11.6 Å². The van der Waals surface area contributed by atoms with Crippen molar-refractivity contribution in [1.82, 2.24) is 0 Å². The SMILES string of the molecule is COc1ccc(OC)c(NC(=O)C2CCc3cc4c(cc3O2)OCO4)c1. The minimum Gasteiger partial charge on any atom is -0.497 e. The lowest BCUT2D eigenvalue weighted by Gasteiger charge is -2.25. The van der Waals surface area contributed by atoms with Crippen LogP contribution in [0.25, 0.3) is 0 Å². The fourth-order valence-electron chi connectivity index (χ4n) is 3.08. The van der Waals surface area contributed by atoms with Crippen LogP contribution in [-0.2, 0) is 11.2 Å². The van der Waals surface area contributed by atoms with E-state index in [4.69, 9.17) is 23.7 Å². The number of ether oxygens (including phenoxy) is 5. The summed E-state index contributed by atoms with van der Waals surface area (Å²) in [4.78, 5) is 12.7. The molecule has 26 heavy (non-hydrogen) atoms. The van der Waals surface area contributed by atoms with Crippen LogP contribution in [0.5, 0.6) is 28.7 Å². The standard InChI is InChI=1S/C19H19NO6/c1-22-12-4-6-14(23-2)13(8-12)20-19(21)15-5-3-11-7-17-18(25-10-24-17)9-16(11)26-15/h4,6-9,15H,3,5,10H2,1-2H3,(H,20,21). The summed E-state index contributed by atoms with van der Waals surface area (Å²) in [7, 11) is 3.12. The zero-order chi connectivity index (χ0) is 18.1. The lowest BCUT2D eigenvalue weighted by Crippen LogP contribution is -2.35. The second-order valence-electron chi connectivity index (χ2n) is 6.01. The molecule has 1 unspecified atom stereocenters. The molecule has 2 aromatic rings. The van der Waals surface area contributed by atoms with Crippen molar-refractivity contribution in [1.29, 1.82) is 0 Å². The summed E-state index contributed by atoms with van der Waals surface area (Å²) in [5.74, 6) is 2.95. The molecule has 2 aliphatic rings. The number of carbonyl (C=O) groups excluding carboxylic acids is 1. The first-order chi connectivity index (χ1) is 12.7. The van der Waals surface area contributed by atoms with Crippen LogP contribution >= 0.6 is 0 Å². The fourth-order valence-corrected chi connectivity index (χ4v) is 3.08. The third-order valence-corrected chi connectivity index (χ3v) is 4.46. The van der Waals surface area contributed by atoms with Crippen LogP contribution in [0.2, 0.25) is 0 Å². The third kappa shape index (κ3) is 2.96. The van der Waals surface area contributed by atoms with E-state index in [-0.39, 0.29) is 12.7 Å². The lowest BCUT2D eigenvalue weighted by molar-refractivity contribution is -0.123. The van der Waals surface area contributed by atoms with Crippen molar-refractivity contribution in [3.05, 3.63) is 35.9 Å². The molecule has 2 heterocycles. The van der Waals surface area contributed by atoms with Gasteiger partial charge in [0.15, 0.2) is 17.6 Å². The van der Waals surface area contributed by atoms with Crippen LogP contribution < -0.4 is 29.0 Å². The van der Waals surface area contributed by atoms with E-state index in [1.165, 1.54) is 0 Å². The van der Waals surface area contributed by atoms with Gasteiger partial charge in [-0.1, -0.05) is 0 Å². The molecule has 0 aliphatic carbocycles. The molecule has 1 N–H and O–H groups in total. The number of methoxy groups -OCH3 is 2. The number of amides is 1. The van der Waals surface area contributed by atoms with Crippen LogP contribution in [0.1, 0.15) is 12.0 Å². The molecule has 4 rings (SSSR count). The van der Waals surface area contributed by atoms with Gasteiger partial charge in [0.25, 0.3) is 5.91 Å². The predicted molar refractivity (Wildman–Crippen MR) is 93.5 cm³/mol. The van der Waals surface area contributed by atoms with Gasteiger partial charge in [0, 0.05) is 12.1 Å². The Hall–Kier alpha value is -3.09. The van der Waals surface area contributed by atoms with E-state index in [9.17, 15) is 4.79 Å². The topological polar surface area (TPSA) is 75.3 Å². The third-order valence-electron chi connectivity index (χ3n) is 4.46. The summed E-state index contributed by atoms with van der Waals surface area (Å²) < 4.78 is 27.2. The van der Waals surface area contributed by atoms with Gasteiger partial charge in [0.05, 0.1) is 19.9 Å². The number of hydrogen-bond acceptors (Lipinski definition) is 6. The number of nitrogens with one attached hydrogen (secondary N) is 1. The lowest BCUT2D eigenvalue weighted by atomic mass is 10.0. The summed E-state index contributed by atoms with van der Waals surface area (Å²) in [6.07, 6.45) is 0.697. The molecular weight excluding hydrogens is 338 g/mol. The van der Waals surface area contributed by atoms with Crippen LogP contribution in [0.15, 0.2) is 30.3 Å². The van der Waals surface area contributed by atoms with Crippen molar-refractivity contribution in [3.8, 4) is 28.7 Å². The van der Waals surface area contributed by atoms with Gasteiger partial charge >= 0.3 is 0 Å². The Labute approximate surface area is 150 Å². The largest absolute Gasteiger partial charge is 0.497 e. The quantitative estimate of drug-likeness (QED) is 0.907. The predicted octanol–water partition coefficient (Wildman–Crippen LogP) is 2.76. The number of anilines is 1. The van der Waals surface area contributed by atoms with E-state index in [2.05, 4.69) is 5.32 Å². The van der Waals surface area contributed by atoms with Gasteiger partial charge in [0.1, 0.15) is 17.2 Å². The molecule has 0 bridgehead atoms. The minimum atomic E-state index is -0.598. The molecule has 0 saturated carbocycles. The first-order valence-corrected chi connectivity index (χ1v) is 8.30. The second-order valence-corrected chi connectivity index (χ2v) is 6.01. The van der Waals surface area contributed by atoms with Crippen molar-refractivity contribution < 1.29 is 28.5 Å². The van der Waals surface area contributed by atoms with Crippen molar-refractivity contribution in [2.75, 3.05) is 26.3 Å². The molecule has 1 atom stereocenters. The van der Waals surface area contributed by atoms with E-state index in [0.29, 0.717) is 35.1 Å². The number of rotatable bonds is 4. The van der Waals surface area contributed by atoms with E-state index >= 15 is 0 Å². The molecule has 0 radical (unpaired) electrons. The highest BCUT2D eigenvalue weighted by Gasteiger charge is 2.29. The Bertz CT molecular complexity index is 850. The van der Waals surface area contributed by atoms with Gasteiger partial charge < -0.3 is 29.0 Å². The zero-order valence-electron chi connectivity index (χ0n) is 14.5. The van der Waals surface area contributed by atoms with E-state index < -0.39 is 6.10 Å². The normalized spacial score (nSPS) is 17.1. The number of hydrogen-bond donors (Lipinski definition) is 1. The average molecular weight is 357 g/mol. The van der Waals surface area contributed by atoms with Gasteiger partial charge in [-0.05, 0) is 36.6 Å². The van der Waals surface area contributed by atoms with E-state index in [0.717, 1.165) is 17.7 Å². The van der Waals surface area contributed by atoms with Gasteiger partial charge in [-0.3, -0.25) is 4.79 Å². The highest BCUT2D eigenvalue weighted by Crippen LogP contribution is 2.41. The molecule has 2 aliphatic heterocycles. The van der Waals surface area contributed by atoms with Gasteiger partial charge in [0.2, 0.25) is 6.79 Å². The number of benzene rings is 2. The maximum atomic E-state index is 12.7. The van der Waals surface area contributed by atoms with Gasteiger partial charge in [-0.15, -0.1) is 0 Å². The fraction of sp³-hybridized carbons (Fsp3) is 0.316. The minimum absolute atomic E-state index is 0.206. The first kappa shape index (κ1) is 16.4. The van der Waals surface area contributed by atoms with E-state index in [1.54, 1.807) is 38.5 Å². The van der Waals surface area contributed by atoms with Crippen molar-refractivity contribution in [2.24, 2.45) is 0 Å². The van der Waals surface area contributed by atoms with Crippen molar-refractivity contribution in [3.63, 3.8) is 0 Å².